The van der Waals surface area contributed by atoms with E-state index in [2.05, 4.69) is 17.3 Å². The number of benzene rings is 2. The summed E-state index contributed by atoms with van der Waals surface area (Å²) in [5, 5.41) is 7.54. The van der Waals surface area contributed by atoms with Crippen LogP contribution in [0.15, 0.2) is 53.7 Å². The average Bonchev–Trinajstić information content (AvgIpc) is 3.00. The van der Waals surface area contributed by atoms with Crippen molar-refractivity contribution in [3.05, 3.63) is 54.1 Å². The summed E-state index contributed by atoms with van der Waals surface area (Å²) < 4.78 is 5.97. The van der Waals surface area contributed by atoms with Crippen molar-refractivity contribution in [3.63, 3.8) is 0 Å². The van der Waals surface area contributed by atoms with Crippen molar-refractivity contribution >= 4 is 28.8 Å². The Morgan fingerprint density at radius 1 is 1.00 bits per heavy atom. The SMILES string of the molecule is CC(C)Oc1ccc2ccccc2c1/C=N\N1C(=O)[C@H]2[C@H](C1=O)[C@H]1C=C[C@H]2CC1. The van der Waals surface area contributed by atoms with Gasteiger partial charge in [0.2, 0.25) is 0 Å². The van der Waals surface area contributed by atoms with Crippen molar-refractivity contribution in [1.82, 2.24) is 5.01 Å². The van der Waals surface area contributed by atoms with Gasteiger partial charge in [-0.2, -0.15) is 10.1 Å². The zero-order valence-corrected chi connectivity index (χ0v) is 16.6. The Bertz CT molecular complexity index is 1020. The van der Waals surface area contributed by atoms with Gasteiger partial charge in [-0.3, -0.25) is 9.59 Å². The van der Waals surface area contributed by atoms with Crippen molar-refractivity contribution in [3.8, 4) is 5.75 Å². The highest BCUT2D eigenvalue weighted by molar-refractivity contribution is 6.08. The molecule has 0 radical (unpaired) electrons. The van der Waals surface area contributed by atoms with Gasteiger partial charge in [0.05, 0.1) is 24.2 Å². The molecule has 2 aromatic carbocycles. The number of amides is 2. The predicted molar refractivity (Wildman–Crippen MR) is 111 cm³/mol. The monoisotopic (exact) mass is 388 g/mol. The van der Waals surface area contributed by atoms with Gasteiger partial charge in [-0.15, -0.1) is 0 Å². The molecule has 0 N–H and O–H groups in total. The van der Waals surface area contributed by atoms with Gasteiger partial charge in [0, 0.05) is 5.56 Å². The first-order valence-electron chi connectivity index (χ1n) is 10.3. The lowest BCUT2D eigenvalue weighted by molar-refractivity contribution is -0.140. The van der Waals surface area contributed by atoms with Crippen molar-refractivity contribution in [2.75, 3.05) is 0 Å². The number of hydrazone groups is 1. The molecule has 148 valence electrons. The smallest absolute Gasteiger partial charge is 0.254 e. The number of hydrogen-bond acceptors (Lipinski definition) is 4. The minimum Gasteiger partial charge on any atom is -0.490 e. The highest BCUT2D eigenvalue weighted by Crippen LogP contribution is 2.49. The minimum absolute atomic E-state index is 0.00271. The second kappa shape index (κ2) is 6.83. The van der Waals surface area contributed by atoms with Crippen LogP contribution in [-0.2, 0) is 9.59 Å². The van der Waals surface area contributed by atoms with Crippen LogP contribution in [-0.4, -0.2) is 29.1 Å². The summed E-state index contributed by atoms with van der Waals surface area (Å²) in [7, 11) is 0. The van der Waals surface area contributed by atoms with Gasteiger partial charge in [-0.1, -0.05) is 42.5 Å². The standard InChI is InChI=1S/C24H24N2O3/c1-14(2)29-20-12-11-15-5-3-4-6-18(15)19(20)13-25-26-23(27)21-16-7-8-17(10-9-16)22(21)24(26)28/h3-8,11-14,16-17,21-22H,9-10H2,1-2H3/b25-13-/t16-,17-,21+,22+/m0/s1. The Labute approximate surface area is 170 Å². The maximum absolute atomic E-state index is 13.0. The van der Waals surface area contributed by atoms with E-state index in [-0.39, 0.29) is 41.6 Å². The minimum atomic E-state index is -0.248. The number of hydrogen-bond donors (Lipinski definition) is 0. The summed E-state index contributed by atoms with van der Waals surface area (Å²) in [6.45, 7) is 3.94. The number of rotatable bonds is 4. The molecule has 1 saturated heterocycles. The Kier molecular flexibility index (Phi) is 4.26. The zero-order valence-electron chi connectivity index (χ0n) is 16.6. The lowest BCUT2D eigenvalue weighted by Gasteiger charge is -2.37. The van der Waals surface area contributed by atoms with Crippen molar-refractivity contribution in [1.29, 1.82) is 0 Å². The number of carbonyl (C=O) groups excluding carboxylic acids is 2. The number of ether oxygens (including phenoxy) is 1. The number of allylic oxidation sites excluding steroid dienone is 2. The third-order valence-corrected chi connectivity index (χ3v) is 6.33. The summed E-state index contributed by atoms with van der Waals surface area (Å²) in [6.07, 6.45) is 7.81. The summed E-state index contributed by atoms with van der Waals surface area (Å²) in [4.78, 5) is 26.0. The maximum Gasteiger partial charge on any atom is 0.254 e. The molecule has 3 aliphatic carbocycles. The molecule has 5 heteroatoms. The molecule has 2 bridgehead atoms. The molecule has 5 nitrogen and oxygen atoms in total. The van der Waals surface area contributed by atoms with Gasteiger partial charge in [0.25, 0.3) is 11.8 Å². The van der Waals surface area contributed by atoms with E-state index in [9.17, 15) is 9.59 Å². The molecule has 0 unspecified atom stereocenters. The zero-order chi connectivity index (χ0) is 20.1. The van der Waals surface area contributed by atoms with Crippen molar-refractivity contribution in [2.24, 2.45) is 28.8 Å². The maximum atomic E-state index is 13.0. The van der Waals surface area contributed by atoms with Gasteiger partial charge in [-0.05, 0) is 55.4 Å². The first kappa shape index (κ1) is 18.1. The molecule has 0 spiro atoms. The highest BCUT2D eigenvalue weighted by atomic mass is 16.5. The molecule has 29 heavy (non-hydrogen) atoms. The highest BCUT2D eigenvalue weighted by Gasteiger charge is 2.56. The Morgan fingerprint density at radius 3 is 2.28 bits per heavy atom. The van der Waals surface area contributed by atoms with Gasteiger partial charge >= 0.3 is 0 Å². The summed E-state index contributed by atoms with van der Waals surface area (Å²) in [6, 6.07) is 11.9. The van der Waals surface area contributed by atoms with E-state index in [1.165, 1.54) is 0 Å². The van der Waals surface area contributed by atoms with E-state index in [1.807, 2.05) is 50.2 Å². The lowest BCUT2D eigenvalue weighted by atomic mass is 9.63. The van der Waals surface area contributed by atoms with Gasteiger partial charge in [0.1, 0.15) is 5.75 Å². The van der Waals surface area contributed by atoms with Crippen LogP contribution in [0.4, 0.5) is 0 Å². The normalized spacial score (nSPS) is 28.2. The molecule has 4 atom stereocenters. The summed E-state index contributed by atoms with van der Waals surface area (Å²) in [5.41, 5.74) is 0.786. The second-order valence-electron chi connectivity index (χ2n) is 8.44. The molecule has 1 saturated carbocycles. The van der Waals surface area contributed by atoms with Gasteiger partial charge in [0.15, 0.2) is 0 Å². The van der Waals surface area contributed by atoms with E-state index in [1.54, 1.807) is 6.21 Å². The summed E-state index contributed by atoms with van der Waals surface area (Å²) in [5.74, 6) is 0.201. The molecule has 0 aromatic heterocycles. The third-order valence-electron chi connectivity index (χ3n) is 6.33. The lowest BCUT2D eigenvalue weighted by Crippen LogP contribution is -2.38. The Hall–Kier alpha value is -2.95. The van der Waals surface area contributed by atoms with Crippen LogP contribution >= 0.6 is 0 Å². The first-order valence-corrected chi connectivity index (χ1v) is 10.3. The average molecular weight is 388 g/mol. The summed E-state index contributed by atoms with van der Waals surface area (Å²) >= 11 is 0. The van der Waals surface area contributed by atoms with Crippen molar-refractivity contribution < 1.29 is 14.3 Å². The van der Waals surface area contributed by atoms with Crippen LogP contribution in [0.25, 0.3) is 10.8 Å². The fraction of sp³-hybridized carbons (Fsp3) is 0.375. The molecular formula is C24H24N2O3. The van der Waals surface area contributed by atoms with E-state index in [4.69, 9.17) is 4.74 Å². The molecular weight excluding hydrogens is 364 g/mol. The molecule has 2 amide bonds. The number of nitrogens with zero attached hydrogens (tertiary/aromatic N) is 2. The van der Waals surface area contributed by atoms with Crippen LogP contribution < -0.4 is 4.74 Å². The van der Waals surface area contributed by atoms with Gasteiger partial charge in [-0.25, -0.2) is 0 Å². The molecule has 2 aromatic rings. The van der Waals surface area contributed by atoms with E-state index >= 15 is 0 Å². The molecule has 4 aliphatic rings. The number of carbonyl (C=O) groups is 2. The van der Waals surface area contributed by atoms with Crippen LogP contribution in [0.2, 0.25) is 0 Å². The fourth-order valence-electron chi connectivity index (χ4n) is 5.05. The molecule has 2 fully saturated rings. The van der Waals surface area contributed by atoms with Crippen LogP contribution in [0.3, 0.4) is 0 Å². The number of imide groups is 1. The molecule has 1 heterocycles. The van der Waals surface area contributed by atoms with Crippen LogP contribution in [0.5, 0.6) is 5.75 Å². The third kappa shape index (κ3) is 2.87. The predicted octanol–water partition coefficient (Wildman–Crippen LogP) is 4.16. The fourth-order valence-corrected chi connectivity index (χ4v) is 5.05. The first-order chi connectivity index (χ1) is 14.0. The molecule has 1 aliphatic heterocycles. The molecule has 6 rings (SSSR count). The van der Waals surface area contributed by atoms with Crippen LogP contribution in [0, 0.1) is 23.7 Å². The van der Waals surface area contributed by atoms with Gasteiger partial charge < -0.3 is 4.74 Å². The van der Waals surface area contributed by atoms with E-state index in [0.717, 1.165) is 34.2 Å². The topological polar surface area (TPSA) is 59.0 Å². The number of fused-ring (bicyclic) bond motifs is 2. The van der Waals surface area contributed by atoms with E-state index < -0.39 is 0 Å². The van der Waals surface area contributed by atoms with E-state index in [0.29, 0.717) is 5.75 Å². The Balaban J connectivity index is 1.53. The van der Waals surface area contributed by atoms with Crippen LogP contribution in [0.1, 0.15) is 32.3 Å². The Morgan fingerprint density at radius 2 is 1.66 bits per heavy atom. The largest absolute Gasteiger partial charge is 0.490 e. The quantitative estimate of drug-likeness (QED) is 0.449. The van der Waals surface area contributed by atoms with Crippen molar-refractivity contribution in [2.45, 2.75) is 32.8 Å². The second-order valence-corrected chi connectivity index (χ2v) is 8.44.